The van der Waals surface area contributed by atoms with Gasteiger partial charge in [0.1, 0.15) is 11.4 Å². The van der Waals surface area contributed by atoms with Crippen LogP contribution in [0.3, 0.4) is 0 Å². The first-order valence-electron chi connectivity index (χ1n) is 4.63. The third-order valence-electron chi connectivity index (χ3n) is 2.09. The number of aromatic nitrogens is 2. The second-order valence-corrected chi connectivity index (χ2v) is 4.09. The molecule has 0 fully saturated rings. The van der Waals surface area contributed by atoms with Gasteiger partial charge in [0.25, 0.3) is 5.91 Å². The molecule has 88 valence electrons. The predicted octanol–water partition coefficient (Wildman–Crippen LogP) is 2.56. The summed E-state index contributed by atoms with van der Waals surface area (Å²) < 4.78 is 0. The van der Waals surface area contributed by atoms with Crippen molar-refractivity contribution in [3.8, 4) is 0 Å². The van der Waals surface area contributed by atoms with E-state index in [-0.39, 0.29) is 5.56 Å². The number of halogens is 2. The number of carbonyl (C=O) groups excluding carboxylic acids is 1. The Balaban J connectivity index is 2.28. The zero-order chi connectivity index (χ0) is 12.4. The lowest BCUT2D eigenvalue weighted by Gasteiger charge is -2.06. The molecule has 1 heterocycles. The fourth-order valence-electron chi connectivity index (χ4n) is 1.29. The summed E-state index contributed by atoms with van der Waals surface area (Å²) in [6, 6.07) is 5.00. The van der Waals surface area contributed by atoms with Gasteiger partial charge in [-0.3, -0.25) is 9.89 Å². The molecule has 0 bridgehead atoms. The van der Waals surface area contributed by atoms with Gasteiger partial charge in [0.2, 0.25) is 0 Å². The van der Waals surface area contributed by atoms with E-state index in [4.69, 9.17) is 28.9 Å². The Labute approximate surface area is 107 Å². The van der Waals surface area contributed by atoms with Gasteiger partial charge in [0.05, 0.1) is 16.2 Å². The molecule has 1 amide bonds. The van der Waals surface area contributed by atoms with Crippen molar-refractivity contribution in [1.29, 1.82) is 0 Å². The minimum Gasteiger partial charge on any atom is -0.365 e. The third kappa shape index (κ3) is 2.51. The Morgan fingerprint density at radius 3 is 2.76 bits per heavy atom. The van der Waals surface area contributed by atoms with E-state index in [1.54, 1.807) is 18.2 Å². The number of hydrogen-bond donors (Lipinski definition) is 3. The minimum absolute atomic E-state index is 0.274. The minimum atomic E-state index is -0.568. The highest BCUT2D eigenvalue weighted by molar-refractivity contribution is 6.42. The second kappa shape index (κ2) is 4.65. The van der Waals surface area contributed by atoms with E-state index in [1.807, 2.05) is 0 Å². The summed E-state index contributed by atoms with van der Waals surface area (Å²) in [6.07, 6.45) is 1.35. The van der Waals surface area contributed by atoms with Crippen molar-refractivity contribution in [2.75, 3.05) is 5.32 Å². The molecule has 0 aliphatic rings. The number of nitrogens with zero attached hydrogens (tertiary/aromatic N) is 1. The molecule has 0 unspecified atom stereocenters. The predicted molar refractivity (Wildman–Crippen MR) is 66.9 cm³/mol. The van der Waals surface area contributed by atoms with Gasteiger partial charge in [-0.25, -0.2) is 0 Å². The molecule has 4 N–H and O–H groups in total. The number of benzene rings is 1. The first-order chi connectivity index (χ1) is 8.08. The van der Waals surface area contributed by atoms with E-state index < -0.39 is 5.91 Å². The highest BCUT2D eigenvalue weighted by Crippen LogP contribution is 2.27. The Kier molecular flexibility index (Phi) is 3.21. The fraction of sp³-hybridized carbons (Fsp3) is 0. The first kappa shape index (κ1) is 11.8. The maximum absolute atomic E-state index is 11.1. The van der Waals surface area contributed by atoms with Crippen LogP contribution in [-0.4, -0.2) is 16.1 Å². The molecule has 0 aliphatic carbocycles. The number of carbonyl (C=O) groups is 1. The molecule has 0 spiro atoms. The number of rotatable bonds is 3. The molecule has 0 saturated heterocycles. The van der Waals surface area contributed by atoms with Crippen molar-refractivity contribution in [2.24, 2.45) is 5.73 Å². The molecule has 5 nitrogen and oxygen atoms in total. The van der Waals surface area contributed by atoms with Gasteiger partial charge in [0, 0.05) is 5.69 Å². The molecule has 1 aromatic carbocycles. The monoisotopic (exact) mass is 270 g/mol. The summed E-state index contributed by atoms with van der Waals surface area (Å²) >= 11 is 11.7. The normalized spacial score (nSPS) is 10.2. The summed E-state index contributed by atoms with van der Waals surface area (Å²) in [7, 11) is 0. The highest BCUT2D eigenvalue weighted by atomic mass is 35.5. The van der Waals surface area contributed by atoms with Crippen LogP contribution >= 0.6 is 23.2 Å². The fourth-order valence-corrected chi connectivity index (χ4v) is 1.58. The van der Waals surface area contributed by atoms with Gasteiger partial charge >= 0.3 is 0 Å². The van der Waals surface area contributed by atoms with Crippen LogP contribution in [0.4, 0.5) is 11.5 Å². The maximum Gasteiger partial charge on any atom is 0.254 e. The number of hydrogen-bond acceptors (Lipinski definition) is 3. The van der Waals surface area contributed by atoms with E-state index in [9.17, 15) is 4.79 Å². The number of nitrogens with one attached hydrogen (secondary N) is 2. The van der Waals surface area contributed by atoms with Gasteiger partial charge in [-0.15, -0.1) is 0 Å². The number of aromatic amines is 1. The highest BCUT2D eigenvalue weighted by Gasteiger charge is 2.10. The molecule has 0 radical (unpaired) electrons. The third-order valence-corrected chi connectivity index (χ3v) is 2.83. The molecule has 0 aliphatic heterocycles. The Bertz CT molecular complexity index is 567. The van der Waals surface area contributed by atoms with Crippen LogP contribution in [0.25, 0.3) is 0 Å². The SMILES string of the molecule is NC(=O)c1cn[nH]c1Nc1ccc(Cl)c(Cl)c1. The zero-order valence-electron chi connectivity index (χ0n) is 8.50. The molecule has 1 aromatic heterocycles. The lowest BCUT2D eigenvalue weighted by molar-refractivity contribution is 0.100. The number of H-pyrrole nitrogens is 1. The lowest BCUT2D eigenvalue weighted by Crippen LogP contribution is -2.11. The van der Waals surface area contributed by atoms with Crippen molar-refractivity contribution < 1.29 is 4.79 Å². The van der Waals surface area contributed by atoms with Crippen molar-refractivity contribution in [3.63, 3.8) is 0 Å². The second-order valence-electron chi connectivity index (χ2n) is 3.28. The zero-order valence-corrected chi connectivity index (χ0v) is 10.0. The molecular weight excluding hydrogens is 263 g/mol. The number of nitrogens with two attached hydrogens (primary N) is 1. The van der Waals surface area contributed by atoms with Crippen LogP contribution in [0.15, 0.2) is 24.4 Å². The van der Waals surface area contributed by atoms with E-state index in [0.29, 0.717) is 21.6 Å². The number of anilines is 2. The molecule has 0 saturated carbocycles. The van der Waals surface area contributed by atoms with Crippen LogP contribution in [-0.2, 0) is 0 Å². The summed E-state index contributed by atoms with van der Waals surface area (Å²) in [4.78, 5) is 11.1. The molecule has 2 aromatic rings. The van der Waals surface area contributed by atoms with Crippen molar-refractivity contribution in [2.45, 2.75) is 0 Å². The van der Waals surface area contributed by atoms with Gasteiger partial charge in [-0.1, -0.05) is 23.2 Å². The standard InChI is InChI=1S/C10H8Cl2N4O/c11-7-2-1-5(3-8(7)12)15-10-6(9(13)17)4-14-16-10/h1-4H,(H2,13,17)(H2,14,15,16). The van der Waals surface area contributed by atoms with E-state index in [1.165, 1.54) is 6.20 Å². The van der Waals surface area contributed by atoms with Crippen LogP contribution < -0.4 is 11.1 Å². The number of amides is 1. The lowest BCUT2D eigenvalue weighted by atomic mass is 10.3. The van der Waals surface area contributed by atoms with Crippen molar-refractivity contribution >= 4 is 40.6 Å². The molecule has 0 atom stereocenters. The molecule has 2 rings (SSSR count). The topological polar surface area (TPSA) is 83.8 Å². The van der Waals surface area contributed by atoms with Crippen molar-refractivity contribution in [1.82, 2.24) is 10.2 Å². The van der Waals surface area contributed by atoms with E-state index in [2.05, 4.69) is 15.5 Å². The van der Waals surface area contributed by atoms with Crippen LogP contribution in [0.5, 0.6) is 0 Å². The Hall–Kier alpha value is -1.72. The van der Waals surface area contributed by atoms with E-state index >= 15 is 0 Å². The van der Waals surface area contributed by atoms with Crippen LogP contribution in [0, 0.1) is 0 Å². The van der Waals surface area contributed by atoms with Crippen LogP contribution in [0.1, 0.15) is 10.4 Å². The summed E-state index contributed by atoms with van der Waals surface area (Å²) in [5, 5.41) is 10.2. The number of primary amides is 1. The molecular formula is C10H8Cl2N4O. The van der Waals surface area contributed by atoms with Gasteiger partial charge < -0.3 is 11.1 Å². The van der Waals surface area contributed by atoms with Crippen molar-refractivity contribution in [3.05, 3.63) is 40.0 Å². The van der Waals surface area contributed by atoms with Gasteiger partial charge in [0.15, 0.2) is 0 Å². The summed E-state index contributed by atoms with van der Waals surface area (Å²) in [5.41, 5.74) is 6.13. The summed E-state index contributed by atoms with van der Waals surface area (Å²) in [6.45, 7) is 0. The summed E-state index contributed by atoms with van der Waals surface area (Å²) in [5.74, 6) is -0.155. The quantitative estimate of drug-likeness (QED) is 0.802. The molecule has 17 heavy (non-hydrogen) atoms. The Morgan fingerprint density at radius 1 is 1.35 bits per heavy atom. The van der Waals surface area contributed by atoms with Crippen LogP contribution in [0.2, 0.25) is 10.0 Å². The average molecular weight is 271 g/mol. The first-order valence-corrected chi connectivity index (χ1v) is 5.39. The van der Waals surface area contributed by atoms with E-state index in [0.717, 1.165) is 0 Å². The maximum atomic E-state index is 11.1. The van der Waals surface area contributed by atoms with Gasteiger partial charge in [-0.05, 0) is 18.2 Å². The Morgan fingerprint density at radius 2 is 2.12 bits per heavy atom. The average Bonchev–Trinajstić information content (AvgIpc) is 2.72. The smallest absolute Gasteiger partial charge is 0.254 e. The van der Waals surface area contributed by atoms with Gasteiger partial charge in [-0.2, -0.15) is 5.10 Å². The largest absolute Gasteiger partial charge is 0.365 e. The molecule has 7 heteroatoms.